The molecule has 0 aliphatic carbocycles. The van der Waals surface area contributed by atoms with Crippen molar-refractivity contribution < 1.29 is 13.5 Å². The average molecular weight is 342 g/mol. The van der Waals surface area contributed by atoms with E-state index in [1.807, 2.05) is 0 Å². The van der Waals surface area contributed by atoms with Gasteiger partial charge in [-0.15, -0.1) is 0 Å². The van der Waals surface area contributed by atoms with Crippen molar-refractivity contribution in [1.82, 2.24) is 15.6 Å². The molecule has 0 spiro atoms. The first-order valence-electron chi connectivity index (χ1n) is 7.40. The molecule has 0 aromatic heterocycles. The maximum Gasteiger partial charge on any atom is 0.187 e. The minimum atomic E-state index is -0.900. The summed E-state index contributed by atoms with van der Waals surface area (Å²) in [4.78, 5) is 2.29. The highest BCUT2D eigenvalue weighted by atomic mass is 32.1. The lowest BCUT2D eigenvalue weighted by Crippen LogP contribution is -2.42. The SMILES string of the molecule is C/C(=N/NC(=S)NCCN1CCOCC1)c1ccc(F)c(F)c1. The van der Waals surface area contributed by atoms with E-state index in [4.69, 9.17) is 17.0 Å². The van der Waals surface area contributed by atoms with E-state index in [0.717, 1.165) is 45.0 Å². The van der Waals surface area contributed by atoms with Gasteiger partial charge in [-0.25, -0.2) is 8.78 Å². The van der Waals surface area contributed by atoms with Crippen molar-refractivity contribution in [3.8, 4) is 0 Å². The molecule has 2 N–H and O–H groups in total. The molecule has 0 radical (unpaired) electrons. The summed E-state index contributed by atoms with van der Waals surface area (Å²) in [6.07, 6.45) is 0. The summed E-state index contributed by atoms with van der Waals surface area (Å²) < 4.78 is 31.4. The van der Waals surface area contributed by atoms with Gasteiger partial charge in [0.05, 0.1) is 18.9 Å². The van der Waals surface area contributed by atoms with E-state index >= 15 is 0 Å². The summed E-state index contributed by atoms with van der Waals surface area (Å²) in [5.41, 5.74) is 3.71. The minimum Gasteiger partial charge on any atom is -0.379 e. The van der Waals surface area contributed by atoms with E-state index in [2.05, 4.69) is 20.7 Å². The number of benzene rings is 1. The van der Waals surface area contributed by atoms with Crippen LogP contribution >= 0.6 is 12.2 Å². The number of nitrogens with one attached hydrogen (secondary N) is 2. The third-order valence-corrected chi connectivity index (χ3v) is 3.72. The maximum absolute atomic E-state index is 13.2. The Balaban J connectivity index is 1.74. The molecule has 1 aliphatic rings. The van der Waals surface area contributed by atoms with Gasteiger partial charge in [-0.05, 0) is 37.3 Å². The quantitative estimate of drug-likeness (QED) is 0.482. The molecule has 1 heterocycles. The topological polar surface area (TPSA) is 48.9 Å². The summed E-state index contributed by atoms with van der Waals surface area (Å²) >= 11 is 5.13. The second kappa shape index (κ2) is 8.85. The second-order valence-corrected chi connectivity index (χ2v) is 5.56. The van der Waals surface area contributed by atoms with Crippen LogP contribution in [0.3, 0.4) is 0 Å². The Morgan fingerprint density at radius 2 is 2.04 bits per heavy atom. The molecular formula is C15H20F2N4OS. The van der Waals surface area contributed by atoms with Gasteiger partial charge in [0.15, 0.2) is 16.7 Å². The summed E-state index contributed by atoms with van der Waals surface area (Å²) in [5, 5.41) is 7.51. The molecule has 5 nitrogen and oxygen atoms in total. The molecule has 23 heavy (non-hydrogen) atoms. The van der Waals surface area contributed by atoms with Gasteiger partial charge in [0, 0.05) is 31.7 Å². The van der Waals surface area contributed by atoms with Crippen molar-refractivity contribution in [2.45, 2.75) is 6.92 Å². The molecule has 1 saturated heterocycles. The van der Waals surface area contributed by atoms with E-state index in [-0.39, 0.29) is 0 Å². The second-order valence-electron chi connectivity index (χ2n) is 5.15. The highest BCUT2D eigenvalue weighted by Gasteiger charge is 2.09. The Kier molecular flexibility index (Phi) is 6.82. The van der Waals surface area contributed by atoms with Crippen molar-refractivity contribution in [2.75, 3.05) is 39.4 Å². The number of morpholine rings is 1. The zero-order chi connectivity index (χ0) is 16.7. The van der Waals surface area contributed by atoms with Gasteiger partial charge in [0.25, 0.3) is 0 Å². The monoisotopic (exact) mass is 342 g/mol. The Hall–Kier alpha value is -1.64. The molecule has 126 valence electrons. The minimum absolute atomic E-state index is 0.389. The first-order chi connectivity index (χ1) is 11.1. The van der Waals surface area contributed by atoms with Crippen LogP contribution in [0.1, 0.15) is 12.5 Å². The van der Waals surface area contributed by atoms with Gasteiger partial charge in [-0.1, -0.05) is 0 Å². The molecule has 0 unspecified atom stereocenters. The van der Waals surface area contributed by atoms with Crippen LogP contribution in [0, 0.1) is 11.6 Å². The number of ether oxygens (including phenoxy) is 1. The zero-order valence-corrected chi connectivity index (χ0v) is 13.8. The fourth-order valence-electron chi connectivity index (χ4n) is 2.11. The smallest absolute Gasteiger partial charge is 0.187 e. The van der Waals surface area contributed by atoms with Crippen LogP contribution in [0.5, 0.6) is 0 Å². The summed E-state index contributed by atoms with van der Waals surface area (Å²) in [6.45, 7) is 6.64. The van der Waals surface area contributed by atoms with Crippen molar-refractivity contribution in [1.29, 1.82) is 0 Å². The highest BCUT2D eigenvalue weighted by Crippen LogP contribution is 2.09. The molecule has 1 aromatic rings. The Morgan fingerprint density at radius 1 is 1.30 bits per heavy atom. The normalized spacial score (nSPS) is 16.2. The third-order valence-electron chi connectivity index (χ3n) is 3.48. The Bertz CT molecular complexity index is 577. The van der Waals surface area contributed by atoms with Crippen molar-refractivity contribution in [2.24, 2.45) is 5.10 Å². The van der Waals surface area contributed by atoms with Crippen LogP contribution in [0.2, 0.25) is 0 Å². The first kappa shape index (κ1) is 17.7. The van der Waals surface area contributed by atoms with E-state index in [1.165, 1.54) is 6.07 Å². The number of hydrazone groups is 1. The number of halogens is 2. The lowest BCUT2D eigenvalue weighted by Gasteiger charge is -2.26. The molecule has 1 aromatic carbocycles. The van der Waals surface area contributed by atoms with Crippen molar-refractivity contribution in [3.05, 3.63) is 35.4 Å². The molecule has 0 atom stereocenters. The average Bonchev–Trinajstić information content (AvgIpc) is 2.56. The van der Waals surface area contributed by atoms with Crippen molar-refractivity contribution >= 4 is 23.0 Å². The van der Waals surface area contributed by atoms with Crippen LogP contribution in [0.15, 0.2) is 23.3 Å². The Labute approximate surface area is 139 Å². The van der Waals surface area contributed by atoms with Gasteiger partial charge in [-0.3, -0.25) is 10.3 Å². The third kappa shape index (κ3) is 5.81. The van der Waals surface area contributed by atoms with Gasteiger partial charge in [0.2, 0.25) is 0 Å². The fraction of sp³-hybridized carbons (Fsp3) is 0.467. The van der Waals surface area contributed by atoms with E-state index in [0.29, 0.717) is 22.9 Å². The van der Waals surface area contributed by atoms with Crippen LogP contribution in [0.4, 0.5) is 8.78 Å². The van der Waals surface area contributed by atoms with Gasteiger partial charge < -0.3 is 10.1 Å². The van der Waals surface area contributed by atoms with Gasteiger partial charge in [0.1, 0.15) is 0 Å². The summed E-state index contributed by atoms with van der Waals surface area (Å²) in [5.74, 6) is -1.78. The lowest BCUT2D eigenvalue weighted by atomic mass is 10.1. The van der Waals surface area contributed by atoms with E-state index in [1.54, 1.807) is 6.92 Å². The van der Waals surface area contributed by atoms with Crippen LogP contribution in [0.25, 0.3) is 0 Å². The fourth-order valence-corrected chi connectivity index (χ4v) is 2.26. The van der Waals surface area contributed by atoms with Gasteiger partial charge >= 0.3 is 0 Å². The first-order valence-corrected chi connectivity index (χ1v) is 7.81. The number of thiocarbonyl (C=S) groups is 1. The summed E-state index contributed by atoms with van der Waals surface area (Å²) in [6, 6.07) is 3.64. The number of hydrogen-bond donors (Lipinski definition) is 2. The van der Waals surface area contributed by atoms with Crippen LogP contribution in [-0.2, 0) is 4.74 Å². The predicted molar refractivity (Wildman–Crippen MR) is 89.6 cm³/mol. The number of rotatable bonds is 5. The molecule has 0 saturated carbocycles. The molecule has 8 heteroatoms. The standard InChI is InChI=1S/C15H20F2N4OS/c1-11(12-2-3-13(16)14(17)10-12)19-20-15(23)18-4-5-21-6-8-22-9-7-21/h2-3,10H,4-9H2,1H3,(H2,18,20,23)/b19-11-. The molecular weight excluding hydrogens is 322 g/mol. The molecule has 2 rings (SSSR count). The van der Waals surface area contributed by atoms with E-state index in [9.17, 15) is 8.78 Å². The molecule has 1 aliphatic heterocycles. The molecule has 1 fully saturated rings. The molecule has 0 amide bonds. The number of hydrogen-bond acceptors (Lipinski definition) is 4. The van der Waals surface area contributed by atoms with Crippen LogP contribution in [-0.4, -0.2) is 55.1 Å². The van der Waals surface area contributed by atoms with Gasteiger partial charge in [-0.2, -0.15) is 5.10 Å². The predicted octanol–water partition coefficient (Wildman–Crippen LogP) is 1.49. The number of nitrogens with zero attached hydrogens (tertiary/aromatic N) is 2. The summed E-state index contributed by atoms with van der Waals surface area (Å²) in [7, 11) is 0. The lowest BCUT2D eigenvalue weighted by molar-refractivity contribution is 0.0389. The Morgan fingerprint density at radius 3 is 2.74 bits per heavy atom. The largest absolute Gasteiger partial charge is 0.379 e. The highest BCUT2D eigenvalue weighted by molar-refractivity contribution is 7.80. The van der Waals surface area contributed by atoms with Crippen LogP contribution < -0.4 is 10.7 Å². The van der Waals surface area contributed by atoms with Crippen molar-refractivity contribution in [3.63, 3.8) is 0 Å². The maximum atomic E-state index is 13.2. The van der Waals surface area contributed by atoms with E-state index < -0.39 is 11.6 Å². The molecule has 0 bridgehead atoms. The zero-order valence-electron chi connectivity index (χ0n) is 12.9.